The number of likely N-dealkylation sites (tertiary alicyclic amines) is 1. The van der Waals surface area contributed by atoms with Crippen LogP contribution in [0.1, 0.15) is 75.5 Å². The molecule has 1 saturated heterocycles. The van der Waals surface area contributed by atoms with E-state index in [0.29, 0.717) is 32.5 Å². The number of ether oxygens (including phenoxy) is 1. The van der Waals surface area contributed by atoms with Crippen molar-refractivity contribution in [1.29, 1.82) is 0 Å². The smallest absolute Gasteiger partial charge is 0.313 e. The number of nitrogens with one attached hydrogen (secondary N) is 1. The number of rotatable bonds is 9. The minimum Gasteiger partial charge on any atom is -0.466 e. The molecule has 0 saturated carbocycles. The number of amides is 2. The number of aryl methyl sites for hydroxylation is 1. The number of piperidine rings is 1. The zero-order chi connectivity index (χ0) is 27.3. The maximum Gasteiger partial charge on any atom is 0.313 e. The summed E-state index contributed by atoms with van der Waals surface area (Å²) < 4.78 is 5.39. The van der Waals surface area contributed by atoms with Crippen LogP contribution < -0.4 is 11.1 Å². The van der Waals surface area contributed by atoms with Crippen LogP contribution in [-0.4, -0.2) is 54.0 Å². The molecule has 0 unspecified atom stereocenters. The van der Waals surface area contributed by atoms with Gasteiger partial charge in [0.25, 0.3) is 0 Å². The molecule has 2 aromatic rings. The van der Waals surface area contributed by atoms with Gasteiger partial charge in [-0.25, -0.2) is 0 Å². The summed E-state index contributed by atoms with van der Waals surface area (Å²) in [6.45, 7) is 6.66. The van der Waals surface area contributed by atoms with E-state index in [1.165, 1.54) is 11.1 Å². The van der Waals surface area contributed by atoms with Gasteiger partial charge in [-0.1, -0.05) is 54.6 Å². The first-order valence-corrected chi connectivity index (χ1v) is 13.8. The third-order valence-electron chi connectivity index (χ3n) is 8.10. The van der Waals surface area contributed by atoms with Crippen molar-refractivity contribution in [2.75, 3.05) is 19.7 Å². The Hall–Kier alpha value is -3.19. The van der Waals surface area contributed by atoms with Crippen molar-refractivity contribution >= 4 is 17.8 Å². The number of carbonyl (C=O) groups is 3. The highest BCUT2D eigenvalue weighted by atomic mass is 16.5. The Morgan fingerprint density at radius 1 is 1.08 bits per heavy atom. The summed E-state index contributed by atoms with van der Waals surface area (Å²) in [5.74, 6) is -0.809. The van der Waals surface area contributed by atoms with E-state index in [-0.39, 0.29) is 29.1 Å². The third kappa shape index (κ3) is 6.09. The predicted octanol–water partition coefficient (Wildman–Crippen LogP) is 3.84. The molecular weight excluding hydrogens is 478 g/mol. The third-order valence-corrected chi connectivity index (χ3v) is 8.10. The summed E-state index contributed by atoms with van der Waals surface area (Å²) in [7, 11) is 0. The van der Waals surface area contributed by atoms with Crippen LogP contribution in [0.2, 0.25) is 0 Å². The maximum absolute atomic E-state index is 13.7. The zero-order valence-corrected chi connectivity index (χ0v) is 22.9. The summed E-state index contributed by atoms with van der Waals surface area (Å²) in [5.41, 5.74) is 8.30. The van der Waals surface area contributed by atoms with Gasteiger partial charge < -0.3 is 20.7 Å². The topological polar surface area (TPSA) is 102 Å². The summed E-state index contributed by atoms with van der Waals surface area (Å²) in [6, 6.07) is 17.7. The van der Waals surface area contributed by atoms with Crippen molar-refractivity contribution in [2.24, 2.45) is 5.73 Å². The monoisotopic (exact) mass is 519 g/mol. The second-order valence-electron chi connectivity index (χ2n) is 11.3. The molecule has 1 fully saturated rings. The Balaban J connectivity index is 1.45. The summed E-state index contributed by atoms with van der Waals surface area (Å²) in [6.07, 6.45) is 4.42. The first kappa shape index (κ1) is 27.8. The van der Waals surface area contributed by atoms with Crippen LogP contribution >= 0.6 is 0 Å². The first-order valence-electron chi connectivity index (χ1n) is 13.8. The van der Waals surface area contributed by atoms with Crippen LogP contribution in [0.25, 0.3) is 0 Å². The average molecular weight is 520 g/mol. The quantitative estimate of drug-likeness (QED) is 0.490. The number of hydrogen-bond acceptors (Lipinski definition) is 5. The highest BCUT2D eigenvalue weighted by molar-refractivity contribution is 5.91. The van der Waals surface area contributed by atoms with Gasteiger partial charge in [-0.2, -0.15) is 0 Å². The lowest BCUT2D eigenvalue weighted by molar-refractivity contribution is -0.145. The van der Waals surface area contributed by atoms with E-state index in [1.54, 1.807) is 13.8 Å². The number of esters is 1. The van der Waals surface area contributed by atoms with E-state index < -0.39 is 11.6 Å². The van der Waals surface area contributed by atoms with E-state index in [9.17, 15) is 14.4 Å². The van der Waals surface area contributed by atoms with Gasteiger partial charge in [0.15, 0.2) is 0 Å². The molecule has 2 aliphatic rings. The fraction of sp³-hybridized carbons (Fsp3) is 0.516. The van der Waals surface area contributed by atoms with Crippen molar-refractivity contribution < 1.29 is 19.1 Å². The molecule has 4 rings (SSSR count). The van der Waals surface area contributed by atoms with Gasteiger partial charge in [-0.3, -0.25) is 14.4 Å². The van der Waals surface area contributed by atoms with Crippen LogP contribution in [0.15, 0.2) is 54.6 Å². The Morgan fingerprint density at radius 3 is 2.39 bits per heavy atom. The molecule has 2 amide bonds. The molecule has 7 nitrogen and oxygen atoms in total. The van der Waals surface area contributed by atoms with Crippen LogP contribution in [0.5, 0.6) is 0 Å². The van der Waals surface area contributed by atoms with E-state index in [4.69, 9.17) is 10.5 Å². The molecule has 1 heterocycles. The van der Waals surface area contributed by atoms with Gasteiger partial charge in [0, 0.05) is 18.5 Å². The van der Waals surface area contributed by atoms with Gasteiger partial charge >= 0.3 is 5.97 Å². The lowest BCUT2D eigenvalue weighted by Gasteiger charge is -2.41. The number of fused-ring (bicyclic) bond motifs is 2. The molecule has 2 atom stereocenters. The standard InChI is InChI=1S/C31H41N3O4/c1-4-38-28(36)24-21-31(25-15-9-8-14-23(24)25)17-19-34(20-18-31)27(35)26(33-29(37)30(2,3)32)16-10-13-22-11-6-5-7-12-22/h5-9,11-12,14-15,24,26H,4,10,13,16-21,32H2,1-3H3,(H,33,37)/t24-,26+/m0/s1. The second-order valence-corrected chi connectivity index (χ2v) is 11.3. The predicted molar refractivity (Wildman–Crippen MR) is 148 cm³/mol. The van der Waals surface area contributed by atoms with Crippen molar-refractivity contribution in [3.63, 3.8) is 0 Å². The molecular formula is C31H41N3O4. The number of benzene rings is 2. The summed E-state index contributed by atoms with van der Waals surface area (Å²) in [5, 5.41) is 2.94. The first-order chi connectivity index (χ1) is 18.1. The normalized spacial score (nSPS) is 19.1. The van der Waals surface area contributed by atoms with Gasteiger partial charge in [0.2, 0.25) is 11.8 Å². The average Bonchev–Trinajstić information content (AvgIpc) is 3.22. The fourth-order valence-electron chi connectivity index (χ4n) is 5.95. The van der Waals surface area contributed by atoms with Crippen molar-refractivity contribution in [3.8, 4) is 0 Å². The molecule has 0 bridgehead atoms. The van der Waals surface area contributed by atoms with E-state index in [1.807, 2.05) is 48.2 Å². The van der Waals surface area contributed by atoms with Crippen molar-refractivity contribution in [2.45, 2.75) is 82.2 Å². The highest BCUT2D eigenvalue weighted by Crippen LogP contribution is 2.52. The van der Waals surface area contributed by atoms with Crippen molar-refractivity contribution in [3.05, 3.63) is 71.3 Å². The Kier molecular flexibility index (Phi) is 8.56. The number of carbonyl (C=O) groups excluding carboxylic acids is 3. The molecule has 1 aliphatic heterocycles. The van der Waals surface area contributed by atoms with E-state index in [2.05, 4.69) is 23.5 Å². The Bertz CT molecular complexity index is 1130. The number of hydrogen-bond donors (Lipinski definition) is 2. The fourth-order valence-corrected chi connectivity index (χ4v) is 5.95. The van der Waals surface area contributed by atoms with Gasteiger partial charge in [-0.15, -0.1) is 0 Å². The zero-order valence-electron chi connectivity index (χ0n) is 22.9. The highest BCUT2D eigenvalue weighted by Gasteiger charge is 2.48. The SMILES string of the molecule is CCOC(=O)[C@H]1CC2(CCN(C(=O)[C@@H](CCCc3ccccc3)NC(=O)C(C)(C)N)CC2)c2ccccc21. The summed E-state index contributed by atoms with van der Waals surface area (Å²) in [4.78, 5) is 41.1. The summed E-state index contributed by atoms with van der Waals surface area (Å²) >= 11 is 0. The molecule has 2 aromatic carbocycles. The number of nitrogens with two attached hydrogens (primary N) is 1. The lowest BCUT2D eigenvalue weighted by atomic mass is 9.73. The molecule has 204 valence electrons. The largest absolute Gasteiger partial charge is 0.466 e. The number of nitrogens with zero attached hydrogens (tertiary/aromatic N) is 1. The van der Waals surface area contributed by atoms with E-state index in [0.717, 1.165) is 31.2 Å². The van der Waals surface area contributed by atoms with Gasteiger partial charge in [0.05, 0.1) is 18.1 Å². The maximum atomic E-state index is 13.7. The Morgan fingerprint density at radius 2 is 1.74 bits per heavy atom. The molecule has 38 heavy (non-hydrogen) atoms. The molecule has 1 spiro atoms. The second kappa shape index (κ2) is 11.7. The molecule has 0 radical (unpaired) electrons. The molecule has 1 aliphatic carbocycles. The minimum atomic E-state index is -1.07. The Labute approximate surface area is 226 Å². The minimum absolute atomic E-state index is 0.0567. The van der Waals surface area contributed by atoms with Gasteiger partial charge in [-0.05, 0) is 76.0 Å². The van der Waals surface area contributed by atoms with Crippen LogP contribution in [-0.2, 0) is 31.0 Å². The van der Waals surface area contributed by atoms with Crippen LogP contribution in [0.4, 0.5) is 0 Å². The van der Waals surface area contributed by atoms with Gasteiger partial charge in [0.1, 0.15) is 6.04 Å². The lowest BCUT2D eigenvalue weighted by Crippen LogP contribution is -2.57. The van der Waals surface area contributed by atoms with Crippen molar-refractivity contribution in [1.82, 2.24) is 10.2 Å². The molecule has 7 heteroatoms. The molecule has 3 N–H and O–H groups in total. The molecule has 0 aromatic heterocycles. The van der Waals surface area contributed by atoms with Crippen LogP contribution in [0, 0.1) is 0 Å². The van der Waals surface area contributed by atoms with Crippen LogP contribution in [0.3, 0.4) is 0 Å². The van der Waals surface area contributed by atoms with E-state index >= 15 is 0 Å².